The van der Waals surface area contributed by atoms with Crippen molar-refractivity contribution in [2.75, 3.05) is 12.4 Å². The number of nitrogens with one attached hydrogen (secondary N) is 1. The topological polar surface area (TPSA) is 84.6 Å². The molecule has 0 radical (unpaired) electrons. The molecule has 0 fully saturated rings. The summed E-state index contributed by atoms with van der Waals surface area (Å²) < 4.78 is 18.3. The number of methoxy groups -OCH3 is 1. The minimum atomic E-state index is -0.527. The average molecular weight is 290 g/mol. The standard InChI is InChI=1S/C15H15FN2O3/c1-21-13-4-2-3-11(14(13)19)15(20)18-10-5-6-12(16)9(7-10)8-17/h2-7,19H,8,17H2,1H3,(H,18,20). The molecule has 0 saturated heterocycles. The first kappa shape index (κ1) is 14.8. The molecule has 0 aromatic heterocycles. The average Bonchev–Trinajstić information content (AvgIpc) is 2.49. The molecule has 0 aliphatic heterocycles. The highest BCUT2D eigenvalue weighted by molar-refractivity contribution is 6.06. The van der Waals surface area contributed by atoms with Gasteiger partial charge in [0.25, 0.3) is 5.91 Å². The van der Waals surface area contributed by atoms with Crippen molar-refractivity contribution in [3.63, 3.8) is 0 Å². The van der Waals surface area contributed by atoms with E-state index in [2.05, 4.69) is 5.32 Å². The molecule has 2 aromatic rings. The largest absolute Gasteiger partial charge is 0.504 e. The van der Waals surface area contributed by atoms with E-state index in [0.717, 1.165) is 0 Å². The van der Waals surface area contributed by atoms with E-state index in [0.29, 0.717) is 11.3 Å². The molecule has 0 atom stereocenters. The number of phenols is 1. The summed E-state index contributed by atoms with van der Waals surface area (Å²) in [5.41, 5.74) is 6.16. The number of nitrogens with two attached hydrogens (primary N) is 1. The van der Waals surface area contributed by atoms with Gasteiger partial charge in [0.1, 0.15) is 5.82 Å². The molecular weight excluding hydrogens is 275 g/mol. The fraction of sp³-hybridized carbons (Fsp3) is 0.133. The molecule has 21 heavy (non-hydrogen) atoms. The van der Waals surface area contributed by atoms with Crippen molar-refractivity contribution in [2.24, 2.45) is 5.73 Å². The van der Waals surface area contributed by atoms with Crippen molar-refractivity contribution in [1.29, 1.82) is 0 Å². The molecule has 1 amide bonds. The third-order valence-electron chi connectivity index (χ3n) is 2.99. The molecule has 0 bridgehead atoms. The van der Waals surface area contributed by atoms with Gasteiger partial charge >= 0.3 is 0 Å². The van der Waals surface area contributed by atoms with Gasteiger partial charge in [-0.3, -0.25) is 4.79 Å². The first-order valence-electron chi connectivity index (χ1n) is 6.22. The molecule has 0 heterocycles. The van der Waals surface area contributed by atoms with E-state index in [1.165, 1.54) is 37.4 Å². The SMILES string of the molecule is COc1cccc(C(=O)Nc2ccc(F)c(CN)c2)c1O. The number of benzene rings is 2. The van der Waals surface area contributed by atoms with Crippen LogP contribution in [0.25, 0.3) is 0 Å². The van der Waals surface area contributed by atoms with Crippen LogP contribution in [0.4, 0.5) is 10.1 Å². The van der Waals surface area contributed by atoms with Gasteiger partial charge in [-0.15, -0.1) is 0 Å². The number of carbonyl (C=O) groups is 1. The van der Waals surface area contributed by atoms with Crippen LogP contribution in [0.15, 0.2) is 36.4 Å². The van der Waals surface area contributed by atoms with Gasteiger partial charge < -0.3 is 20.9 Å². The third kappa shape index (κ3) is 3.11. The molecule has 6 heteroatoms. The van der Waals surface area contributed by atoms with Crippen LogP contribution in [0.3, 0.4) is 0 Å². The molecular formula is C15H15FN2O3. The number of hydrogen-bond donors (Lipinski definition) is 3. The molecule has 110 valence electrons. The van der Waals surface area contributed by atoms with Gasteiger partial charge in [0.2, 0.25) is 0 Å². The number of phenolic OH excluding ortho intramolecular Hbond substituents is 1. The number of rotatable bonds is 4. The Morgan fingerprint density at radius 2 is 2.14 bits per heavy atom. The zero-order chi connectivity index (χ0) is 15.4. The van der Waals surface area contributed by atoms with Crippen LogP contribution in [-0.2, 0) is 6.54 Å². The van der Waals surface area contributed by atoms with Crippen molar-refractivity contribution >= 4 is 11.6 Å². The maximum absolute atomic E-state index is 13.3. The van der Waals surface area contributed by atoms with Crippen molar-refractivity contribution in [3.8, 4) is 11.5 Å². The van der Waals surface area contributed by atoms with Crippen LogP contribution in [0.1, 0.15) is 15.9 Å². The summed E-state index contributed by atoms with van der Waals surface area (Å²) in [6.45, 7) is 0.0277. The first-order chi connectivity index (χ1) is 10.1. The number of amides is 1. The second-order valence-corrected chi connectivity index (χ2v) is 4.32. The van der Waals surface area contributed by atoms with E-state index in [9.17, 15) is 14.3 Å². The van der Waals surface area contributed by atoms with E-state index in [1.54, 1.807) is 6.07 Å². The summed E-state index contributed by atoms with van der Waals surface area (Å²) in [6.07, 6.45) is 0. The number of anilines is 1. The summed E-state index contributed by atoms with van der Waals surface area (Å²) in [6, 6.07) is 8.68. The van der Waals surface area contributed by atoms with Crippen molar-refractivity contribution < 1.29 is 19.0 Å². The van der Waals surface area contributed by atoms with Crippen molar-refractivity contribution in [2.45, 2.75) is 6.54 Å². The number of hydrogen-bond acceptors (Lipinski definition) is 4. The second kappa shape index (κ2) is 6.23. The van der Waals surface area contributed by atoms with Crippen LogP contribution in [-0.4, -0.2) is 18.1 Å². The zero-order valence-corrected chi connectivity index (χ0v) is 11.4. The van der Waals surface area contributed by atoms with Gasteiger partial charge in [-0.1, -0.05) is 6.07 Å². The van der Waals surface area contributed by atoms with Crippen molar-refractivity contribution in [3.05, 3.63) is 53.3 Å². The lowest BCUT2D eigenvalue weighted by Crippen LogP contribution is -2.13. The number of carbonyl (C=O) groups excluding carboxylic acids is 1. The lowest BCUT2D eigenvalue weighted by atomic mass is 10.1. The molecule has 0 unspecified atom stereocenters. The molecule has 0 saturated carbocycles. The molecule has 0 spiro atoms. The van der Waals surface area contributed by atoms with Gasteiger partial charge in [0, 0.05) is 17.8 Å². The van der Waals surface area contributed by atoms with Crippen molar-refractivity contribution in [1.82, 2.24) is 0 Å². The fourth-order valence-electron chi connectivity index (χ4n) is 1.88. The summed E-state index contributed by atoms with van der Waals surface area (Å²) >= 11 is 0. The van der Waals surface area contributed by atoms with E-state index in [1.807, 2.05) is 0 Å². The Balaban J connectivity index is 2.26. The lowest BCUT2D eigenvalue weighted by Gasteiger charge is -2.10. The molecule has 0 aliphatic carbocycles. The number of halogens is 1. The maximum atomic E-state index is 13.3. The Labute approximate surface area is 121 Å². The Kier molecular flexibility index (Phi) is 4.39. The molecule has 5 nitrogen and oxygen atoms in total. The highest BCUT2D eigenvalue weighted by Gasteiger charge is 2.15. The van der Waals surface area contributed by atoms with Gasteiger partial charge in [-0.25, -0.2) is 4.39 Å². The molecule has 0 aliphatic rings. The van der Waals surface area contributed by atoms with E-state index in [-0.39, 0.29) is 23.6 Å². The second-order valence-electron chi connectivity index (χ2n) is 4.32. The Hall–Kier alpha value is -2.60. The summed E-state index contributed by atoms with van der Waals surface area (Å²) in [7, 11) is 1.39. The minimum absolute atomic E-state index is 0.0277. The highest BCUT2D eigenvalue weighted by Crippen LogP contribution is 2.29. The number of ether oxygens (including phenoxy) is 1. The van der Waals surface area contributed by atoms with Gasteiger partial charge in [0.15, 0.2) is 11.5 Å². The molecule has 4 N–H and O–H groups in total. The van der Waals surface area contributed by atoms with Crippen LogP contribution in [0.2, 0.25) is 0 Å². The van der Waals surface area contributed by atoms with Crippen LogP contribution >= 0.6 is 0 Å². The summed E-state index contributed by atoms with van der Waals surface area (Å²) in [5, 5.41) is 12.5. The quantitative estimate of drug-likeness (QED) is 0.806. The van der Waals surface area contributed by atoms with E-state index < -0.39 is 11.7 Å². The van der Waals surface area contributed by atoms with Gasteiger partial charge in [-0.2, -0.15) is 0 Å². The van der Waals surface area contributed by atoms with Gasteiger partial charge in [-0.05, 0) is 30.3 Å². The monoisotopic (exact) mass is 290 g/mol. The van der Waals surface area contributed by atoms with E-state index in [4.69, 9.17) is 10.5 Å². The first-order valence-corrected chi connectivity index (χ1v) is 6.22. The number of aromatic hydroxyl groups is 1. The Morgan fingerprint density at radius 3 is 2.81 bits per heavy atom. The molecule has 2 aromatic carbocycles. The predicted molar refractivity (Wildman–Crippen MR) is 76.9 cm³/mol. The lowest BCUT2D eigenvalue weighted by molar-refractivity contribution is 0.102. The van der Waals surface area contributed by atoms with Crippen LogP contribution in [0.5, 0.6) is 11.5 Å². The Morgan fingerprint density at radius 1 is 1.38 bits per heavy atom. The molecule has 2 rings (SSSR count). The van der Waals surface area contributed by atoms with Crippen LogP contribution < -0.4 is 15.8 Å². The maximum Gasteiger partial charge on any atom is 0.259 e. The zero-order valence-electron chi connectivity index (χ0n) is 11.4. The van der Waals surface area contributed by atoms with Crippen LogP contribution in [0, 0.1) is 5.82 Å². The van der Waals surface area contributed by atoms with E-state index >= 15 is 0 Å². The predicted octanol–water partition coefficient (Wildman–Crippen LogP) is 2.25. The fourth-order valence-corrected chi connectivity index (χ4v) is 1.88. The highest BCUT2D eigenvalue weighted by atomic mass is 19.1. The summed E-state index contributed by atoms with van der Waals surface area (Å²) in [5.74, 6) is -1.01. The number of para-hydroxylation sites is 1. The normalized spacial score (nSPS) is 10.2. The third-order valence-corrected chi connectivity index (χ3v) is 2.99. The van der Waals surface area contributed by atoms with Gasteiger partial charge in [0.05, 0.1) is 12.7 Å². The summed E-state index contributed by atoms with van der Waals surface area (Å²) in [4.78, 5) is 12.1. The smallest absolute Gasteiger partial charge is 0.259 e. The Bertz CT molecular complexity index is 674. The minimum Gasteiger partial charge on any atom is -0.504 e.